The lowest BCUT2D eigenvalue weighted by molar-refractivity contribution is -0.137. The second-order valence-electron chi connectivity index (χ2n) is 2.90. The number of aliphatic carboxylic acids is 1. The molecule has 0 bridgehead atoms. The Labute approximate surface area is 79.5 Å². The van der Waals surface area contributed by atoms with Gasteiger partial charge in [0.2, 0.25) is 0 Å². The van der Waals surface area contributed by atoms with E-state index in [1.165, 1.54) is 0 Å². The second-order valence-corrected chi connectivity index (χ2v) is 3.29. The monoisotopic (exact) mass is 198 g/mol. The predicted molar refractivity (Wildman–Crippen MR) is 48.0 cm³/mol. The zero-order valence-corrected chi connectivity index (χ0v) is 7.38. The van der Waals surface area contributed by atoms with Crippen molar-refractivity contribution >= 4 is 23.3 Å². The molecule has 0 saturated carbocycles. The van der Waals surface area contributed by atoms with Crippen LogP contribution in [-0.2, 0) is 11.2 Å². The van der Waals surface area contributed by atoms with Crippen molar-refractivity contribution in [2.75, 3.05) is 5.32 Å². The molecule has 1 aromatic rings. The molecule has 2 heterocycles. The number of nitrogens with one attached hydrogen (secondary N) is 1. The number of pyridine rings is 1. The fraction of sp³-hybridized carbons (Fsp3) is 0.250. The number of fused-ring (bicyclic) bond motifs is 1. The maximum absolute atomic E-state index is 10.6. The molecule has 0 aromatic carbocycles. The Morgan fingerprint density at radius 3 is 3.23 bits per heavy atom. The van der Waals surface area contributed by atoms with Crippen molar-refractivity contribution in [2.24, 2.45) is 0 Å². The highest BCUT2D eigenvalue weighted by Crippen LogP contribution is 2.26. The SMILES string of the molecule is O=C(O)C1Cc2cc(Cl)ncc2N1. The third kappa shape index (κ3) is 1.45. The lowest BCUT2D eigenvalue weighted by Gasteiger charge is -2.02. The summed E-state index contributed by atoms with van der Waals surface area (Å²) < 4.78 is 0. The third-order valence-corrected chi connectivity index (χ3v) is 2.21. The van der Waals surface area contributed by atoms with Gasteiger partial charge in [0.1, 0.15) is 11.2 Å². The summed E-state index contributed by atoms with van der Waals surface area (Å²) in [6.45, 7) is 0. The molecule has 1 aliphatic heterocycles. The van der Waals surface area contributed by atoms with Crippen molar-refractivity contribution in [3.8, 4) is 0 Å². The molecule has 2 rings (SSSR count). The van der Waals surface area contributed by atoms with Gasteiger partial charge < -0.3 is 10.4 Å². The molecule has 0 amide bonds. The van der Waals surface area contributed by atoms with Crippen LogP contribution in [0.2, 0.25) is 5.15 Å². The first-order chi connectivity index (χ1) is 6.16. The first kappa shape index (κ1) is 8.31. The fourth-order valence-corrected chi connectivity index (χ4v) is 1.55. The first-order valence-corrected chi connectivity index (χ1v) is 4.18. The van der Waals surface area contributed by atoms with Crippen LogP contribution in [0.5, 0.6) is 0 Å². The maximum Gasteiger partial charge on any atom is 0.326 e. The van der Waals surface area contributed by atoms with Gasteiger partial charge in [-0.15, -0.1) is 0 Å². The van der Waals surface area contributed by atoms with E-state index in [0.717, 1.165) is 11.3 Å². The van der Waals surface area contributed by atoms with E-state index in [-0.39, 0.29) is 0 Å². The summed E-state index contributed by atoms with van der Waals surface area (Å²) in [6.07, 6.45) is 2.02. The molecule has 1 aromatic heterocycles. The van der Waals surface area contributed by atoms with Gasteiger partial charge in [-0.1, -0.05) is 11.6 Å². The highest BCUT2D eigenvalue weighted by molar-refractivity contribution is 6.29. The van der Waals surface area contributed by atoms with Crippen LogP contribution in [-0.4, -0.2) is 22.1 Å². The van der Waals surface area contributed by atoms with Gasteiger partial charge in [-0.25, -0.2) is 9.78 Å². The molecule has 0 aliphatic carbocycles. The Balaban J connectivity index is 2.30. The molecule has 2 N–H and O–H groups in total. The molecule has 13 heavy (non-hydrogen) atoms. The minimum absolute atomic E-state index is 0.395. The molecule has 1 unspecified atom stereocenters. The molecular formula is C8H7ClN2O2. The Morgan fingerprint density at radius 1 is 1.77 bits per heavy atom. The zero-order valence-electron chi connectivity index (χ0n) is 6.62. The standard InChI is InChI=1S/C8H7ClN2O2/c9-7-2-4-1-5(8(12)13)11-6(4)3-10-7/h2-3,5,11H,1H2,(H,12,13). The summed E-state index contributed by atoms with van der Waals surface area (Å²) in [5, 5.41) is 12.0. The van der Waals surface area contributed by atoms with E-state index in [1.807, 2.05) is 0 Å². The lowest BCUT2D eigenvalue weighted by Crippen LogP contribution is -2.26. The van der Waals surface area contributed by atoms with Crippen molar-refractivity contribution in [2.45, 2.75) is 12.5 Å². The van der Waals surface area contributed by atoms with Gasteiger partial charge in [0.15, 0.2) is 0 Å². The number of aromatic nitrogens is 1. The Morgan fingerprint density at radius 2 is 2.54 bits per heavy atom. The van der Waals surface area contributed by atoms with Crippen LogP contribution in [0.3, 0.4) is 0 Å². The molecule has 68 valence electrons. The number of carboxylic acids is 1. The normalized spacial score (nSPS) is 19.3. The van der Waals surface area contributed by atoms with Crippen LogP contribution in [0.25, 0.3) is 0 Å². The van der Waals surface area contributed by atoms with Crippen molar-refractivity contribution in [1.29, 1.82) is 0 Å². The maximum atomic E-state index is 10.6. The second kappa shape index (κ2) is 2.88. The van der Waals surface area contributed by atoms with Gasteiger partial charge in [-0.05, 0) is 11.6 Å². The average Bonchev–Trinajstić information content (AvgIpc) is 2.46. The van der Waals surface area contributed by atoms with Crippen molar-refractivity contribution < 1.29 is 9.90 Å². The Bertz CT molecular complexity index is 367. The predicted octanol–water partition coefficient (Wildman–Crippen LogP) is 1.16. The van der Waals surface area contributed by atoms with Gasteiger partial charge in [0.25, 0.3) is 0 Å². The van der Waals surface area contributed by atoms with Crippen molar-refractivity contribution in [3.05, 3.63) is 23.0 Å². The highest BCUT2D eigenvalue weighted by atomic mass is 35.5. The van der Waals surface area contributed by atoms with E-state index in [1.54, 1.807) is 12.3 Å². The number of carboxylic acid groups (broad SMARTS) is 1. The summed E-state index contributed by atoms with van der Waals surface area (Å²) in [5.41, 5.74) is 1.67. The van der Waals surface area contributed by atoms with Gasteiger partial charge in [-0.3, -0.25) is 0 Å². The molecule has 4 nitrogen and oxygen atoms in total. The van der Waals surface area contributed by atoms with E-state index < -0.39 is 12.0 Å². The quantitative estimate of drug-likeness (QED) is 0.665. The molecule has 0 spiro atoms. The summed E-state index contributed by atoms with van der Waals surface area (Å²) in [6, 6.07) is 1.14. The van der Waals surface area contributed by atoms with Crippen molar-refractivity contribution in [1.82, 2.24) is 4.98 Å². The van der Waals surface area contributed by atoms with Gasteiger partial charge in [0.05, 0.1) is 11.9 Å². The van der Waals surface area contributed by atoms with Crippen LogP contribution < -0.4 is 5.32 Å². The minimum atomic E-state index is -0.854. The molecule has 1 aliphatic rings. The van der Waals surface area contributed by atoms with Gasteiger partial charge in [-0.2, -0.15) is 0 Å². The molecular weight excluding hydrogens is 192 g/mol. The number of nitrogens with zero attached hydrogens (tertiary/aromatic N) is 1. The summed E-state index contributed by atoms with van der Waals surface area (Å²) in [4.78, 5) is 14.5. The molecule has 0 saturated heterocycles. The van der Waals surface area contributed by atoms with Crippen LogP contribution >= 0.6 is 11.6 Å². The van der Waals surface area contributed by atoms with Gasteiger partial charge >= 0.3 is 5.97 Å². The molecule has 1 atom stereocenters. The van der Waals surface area contributed by atoms with E-state index in [9.17, 15) is 4.79 Å². The number of hydrogen-bond donors (Lipinski definition) is 2. The Kier molecular flexibility index (Phi) is 1.84. The molecule has 0 fully saturated rings. The van der Waals surface area contributed by atoms with E-state index in [4.69, 9.17) is 16.7 Å². The molecule has 5 heteroatoms. The first-order valence-electron chi connectivity index (χ1n) is 3.80. The summed E-state index contributed by atoms with van der Waals surface area (Å²) in [7, 11) is 0. The lowest BCUT2D eigenvalue weighted by atomic mass is 10.1. The third-order valence-electron chi connectivity index (χ3n) is 2.01. The number of carbonyl (C=O) groups is 1. The van der Waals surface area contributed by atoms with Crippen LogP contribution in [0.4, 0.5) is 5.69 Å². The van der Waals surface area contributed by atoms with Crippen LogP contribution in [0.1, 0.15) is 5.56 Å². The number of anilines is 1. The van der Waals surface area contributed by atoms with Crippen LogP contribution in [0.15, 0.2) is 12.3 Å². The largest absolute Gasteiger partial charge is 0.480 e. The Hall–Kier alpha value is -1.29. The summed E-state index contributed by atoms with van der Waals surface area (Å²) in [5.74, 6) is -0.854. The van der Waals surface area contributed by atoms with Crippen molar-refractivity contribution in [3.63, 3.8) is 0 Å². The highest BCUT2D eigenvalue weighted by Gasteiger charge is 2.26. The fourth-order valence-electron chi connectivity index (χ4n) is 1.37. The number of hydrogen-bond acceptors (Lipinski definition) is 3. The smallest absolute Gasteiger partial charge is 0.326 e. The summed E-state index contributed by atoms with van der Waals surface area (Å²) >= 11 is 5.66. The number of rotatable bonds is 1. The topological polar surface area (TPSA) is 62.2 Å². The van der Waals surface area contributed by atoms with E-state index in [2.05, 4.69) is 10.3 Å². The number of halogens is 1. The van der Waals surface area contributed by atoms with E-state index in [0.29, 0.717) is 11.6 Å². The minimum Gasteiger partial charge on any atom is -0.480 e. The molecule has 0 radical (unpaired) electrons. The average molecular weight is 199 g/mol. The van der Waals surface area contributed by atoms with E-state index >= 15 is 0 Å². The van der Waals surface area contributed by atoms with Gasteiger partial charge in [0, 0.05) is 6.42 Å². The van der Waals surface area contributed by atoms with Crippen LogP contribution in [0, 0.1) is 0 Å². The zero-order chi connectivity index (χ0) is 9.42.